The van der Waals surface area contributed by atoms with Gasteiger partial charge < -0.3 is 10.4 Å². The van der Waals surface area contributed by atoms with Crippen molar-refractivity contribution in [3.05, 3.63) is 0 Å². The Kier molecular flexibility index (Phi) is 6.62. The van der Waals surface area contributed by atoms with Crippen LogP contribution in [0.3, 0.4) is 0 Å². The van der Waals surface area contributed by atoms with Crippen LogP contribution in [0, 0.1) is 0 Å². The number of nitrogens with one attached hydrogen (secondary N) is 1. The van der Waals surface area contributed by atoms with Crippen molar-refractivity contribution in [1.29, 1.82) is 0 Å². The van der Waals surface area contributed by atoms with Crippen LogP contribution < -0.4 is 5.32 Å². The molecule has 0 radical (unpaired) electrons. The molecule has 2 N–H and O–H groups in total. The van der Waals surface area contributed by atoms with Crippen LogP contribution in [-0.4, -0.2) is 47.8 Å². The van der Waals surface area contributed by atoms with Gasteiger partial charge in [-0.3, -0.25) is 4.90 Å². The average Bonchev–Trinajstić information content (AvgIpc) is 2.92. The quantitative estimate of drug-likeness (QED) is 0.745. The van der Waals surface area contributed by atoms with Gasteiger partial charge in [-0.15, -0.1) is 0 Å². The fraction of sp³-hybridized carbons (Fsp3) is 1.00. The minimum absolute atomic E-state index is 0.359. The highest BCUT2D eigenvalue weighted by Crippen LogP contribution is 2.31. The zero-order chi connectivity index (χ0) is 13.5. The molecular weight excluding hydrogens is 236 g/mol. The topological polar surface area (TPSA) is 35.5 Å². The van der Waals surface area contributed by atoms with Crippen LogP contribution in [0.4, 0.5) is 0 Å². The molecule has 2 rings (SSSR count). The normalized spacial score (nSPS) is 32.8. The number of nitrogens with zero attached hydrogens (tertiary/aromatic N) is 1. The third kappa shape index (κ3) is 4.44. The first-order valence-corrected chi connectivity index (χ1v) is 8.45. The van der Waals surface area contributed by atoms with Gasteiger partial charge in [-0.05, 0) is 70.9 Å². The van der Waals surface area contributed by atoms with Crippen LogP contribution in [0.1, 0.15) is 64.7 Å². The fourth-order valence-electron chi connectivity index (χ4n) is 3.94. The number of hydrogen-bond acceptors (Lipinski definition) is 3. The third-order valence-corrected chi connectivity index (χ3v) is 4.97. The van der Waals surface area contributed by atoms with E-state index in [0.717, 1.165) is 24.5 Å². The van der Waals surface area contributed by atoms with Gasteiger partial charge in [0.2, 0.25) is 0 Å². The number of likely N-dealkylation sites (tertiary alicyclic amines) is 1. The third-order valence-electron chi connectivity index (χ3n) is 4.97. The first-order chi connectivity index (χ1) is 9.35. The van der Waals surface area contributed by atoms with E-state index in [0.29, 0.717) is 6.61 Å². The summed E-state index contributed by atoms with van der Waals surface area (Å²) in [6, 6.07) is 2.36. The molecule has 1 aliphatic carbocycles. The van der Waals surface area contributed by atoms with Crippen molar-refractivity contribution < 1.29 is 5.11 Å². The van der Waals surface area contributed by atoms with Crippen molar-refractivity contribution in [1.82, 2.24) is 10.2 Å². The molecule has 2 aliphatic rings. The molecule has 0 spiro atoms. The van der Waals surface area contributed by atoms with E-state index in [1.807, 2.05) is 0 Å². The lowest BCUT2D eigenvalue weighted by molar-refractivity contribution is 0.120. The monoisotopic (exact) mass is 268 g/mol. The van der Waals surface area contributed by atoms with Crippen LogP contribution in [0.5, 0.6) is 0 Å². The van der Waals surface area contributed by atoms with E-state index < -0.39 is 0 Å². The van der Waals surface area contributed by atoms with Crippen LogP contribution in [0.2, 0.25) is 0 Å². The maximum Gasteiger partial charge on any atom is 0.0431 e. The molecule has 1 atom stereocenters. The largest absolute Gasteiger partial charge is 0.396 e. The first-order valence-electron chi connectivity index (χ1n) is 8.45. The van der Waals surface area contributed by atoms with Gasteiger partial charge in [0.15, 0.2) is 0 Å². The molecule has 0 aromatic rings. The fourth-order valence-corrected chi connectivity index (χ4v) is 3.94. The summed E-state index contributed by atoms with van der Waals surface area (Å²) in [5, 5.41) is 12.7. The molecule has 1 saturated carbocycles. The first kappa shape index (κ1) is 15.3. The summed E-state index contributed by atoms with van der Waals surface area (Å²) in [6.07, 6.45) is 11.6. The SMILES string of the molecule is CCCNC1CCC(N2CCCC2CCCO)CC1. The minimum Gasteiger partial charge on any atom is -0.396 e. The van der Waals surface area contributed by atoms with E-state index in [1.165, 1.54) is 64.5 Å². The van der Waals surface area contributed by atoms with E-state index in [4.69, 9.17) is 5.11 Å². The summed E-state index contributed by atoms with van der Waals surface area (Å²) in [6.45, 7) is 5.08. The summed E-state index contributed by atoms with van der Waals surface area (Å²) in [7, 11) is 0. The second kappa shape index (κ2) is 8.23. The van der Waals surface area contributed by atoms with E-state index >= 15 is 0 Å². The zero-order valence-electron chi connectivity index (χ0n) is 12.6. The predicted molar refractivity (Wildman–Crippen MR) is 80.4 cm³/mol. The van der Waals surface area contributed by atoms with Gasteiger partial charge in [-0.25, -0.2) is 0 Å². The Hall–Kier alpha value is -0.120. The second-order valence-corrected chi connectivity index (χ2v) is 6.36. The lowest BCUT2D eigenvalue weighted by Gasteiger charge is -2.38. The number of aliphatic hydroxyl groups is 1. The standard InChI is InChI=1S/C16H32N2O/c1-2-11-17-14-7-9-16(10-8-14)18-12-3-5-15(18)6-4-13-19/h14-17,19H,2-13H2,1H3. The lowest BCUT2D eigenvalue weighted by atomic mass is 9.89. The van der Waals surface area contributed by atoms with Gasteiger partial charge >= 0.3 is 0 Å². The van der Waals surface area contributed by atoms with Crippen molar-refractivity contribution in [3.8, 4) is 0 Å². The molecule has 0 bridgehead atoms. The Bertz CT molecular complexity index is 239. The van der Waals surface area contributed by atoms with Crippen molar-refractivity contribution in [2.24, 2.45) is 0 Å². The van der Waals surface area contributed by atoms with E-state index in [2.05, 4.69) is 17.1 Å². The van der Waals surface area contributed by atoms with Gasteiger partial charge in [0.1, 0.15) is 0 Å². The zero-order valence-corrected chi connectivity index (χ0v) is 12.6. The molecule has 112 valence electrons. The van der Waals surface area contributed by atoms with Crippen molar-refractivity contribution in [2.45, 2.75) is 82.8 Å². The van der Waals surface area contributed by atoms with Crippen LogP contribution in [0.15, 0.2) is 0 Å². The Morgan fingerprint density at radius 2 is 1.95 bits per heavy atom. The van der Waals surface area contributed by atoms with Crippen molar-refractivity contribution in [2.75, 3.05) is 19.7 Å². The molecule has 2 fully saturated rings. The molecule has 0 aromatic carbocycles. The highest BCUT2D eigenvalue weighted by atomic mass is 16.2. The van der Waals surface area contributed by atoms with Crippen LogP contribution in [0.25, 0.3) is 0 Å². The molecule has 1 aliphatic heterocycles. The minimum atomic E-state index is 0.359. The number of hydrogen-bond donors (Lipinski definition) is 2. The molecular formula is C16H32N2O. The molecule has 3 nitrogen and oxygen atoms in total. The second-order valence-electron chi connectivity index (χ2n) is 6.36. The summed E-state index contributed by atoms with van der Waals surface area (Å²) in [5.74, 6) is 0. The Morgan fingerprint density at radius 3 is 2.63 bits per heavy atom. The Labute approximate surface area is 118 Å². The molecule has 3 heteroatoms. The molecule has 1 unspecified atom stereocenters. The molecule has 1 saturated heterocycles. The maximum atomic E-state index is 9.01. The van der Waals surface area contributed by atoms with Crippen LogP contribution in [-0.2, 0) is 0 Å². The van der Waals surface area contributed by atoms with E-state index in [1.54, 1.807) is 0 Å². The Morgan fingerprint density at radius 1 is 1.16 bits per heavy atom. The highest BCUT2D eigenvalue weighted by Gasteiger charge is 2.32. The summed E-state index contributed by atoms with van der Waals surface area (Å²) < 4.78 is 0. The summed E-state index contributed by atoms with van der Waals surface area (Å²) in [4.78, 5) is 2.77. The summed E-state index contributed by atoms with van der Waals surface area (Å²) >= 11 is 0. The van der Waals surface area contributed by atoms with Crippen molar-refractivity contribution in [3.63, 3.8) is 0 Å². The highest BCUT2D eigenvalue weighted by molar-refractivity contribution is 4.89. The predicted octanol–water partition coefficient (Wildman–Crippen LogP) is 2.53. The molecule has 1 heterocycles. The number of rotatable bonds is 7. The number of aliphatic hydroxyl groups excluding tert-OH is 1. The van der Waals surface area contributed by atoms with Crippen molar-refractivity contribution >= 4 is 0 Å². The van der Waals surface area contributed by atoms with E-state index in [9.17, 15) is 0 Å². The summed E-state index contributed by atoms with van der Waals surface area (Å²) in [5.41, 5.74) is 0. The van der Waals surface area contributed by atoms with Gasteiger partial charge in [-0.1, -0.05) is 6.92 Å². The molecule has 0 amide bonds. The van der Waals surface area contributed by atoms with Crippen LogP contribution >= 0.6 is 0 Å². The van der Waals surface area contributed by atoms with Gasteiger partial charge in [0, 0.05) is 24.7 Å². The van der Waals surface area contributed by atoms with Gasteiger partial charge in [0.05, 0.1) is 0 Å². The Balaban J connectivity index is 1.73. The maximum absolute atomic E-state index is 9.01. The average molecular weight is 268 g/mol. The van der Waals surface area contributed by atoms with Gasteiger partial charge in [-0.2, -0.15) is 0 Å². The smallest absolute Gasteiger partial charge is 0.0431 e. The lowest BCUT2D eigenvalue weighted by Crippen LogP contribution is -2.44. The van der Waals surface area contributed by atoms with E-state index in [-0.39, 0.29) is 0 Å². The van der Waals surface area contributed by atoms with Gasteiger partial charge in [0.25, 0.3) is 0 Å². The molecule has 0 aromatic heterocycles. The molecule has 19 heavy (non-hydrogen) atoms.